The van der Waals surface area contributed by atoms with E-state index in [4.69, 9.17) is 4.74 Å². The number of sulfonamides is 1. The van der Waals surface area contributed by atoms with Crippen molar-refractivity contribution in [3.63, 3.8) is 0 Å². The first kappa shape index (κ1) is 16.9. The van der Waals surface area contributed by atoms with Gasteiger partial charge in [-0.05, 0) is 46.1 Å². The molecule has 2 unspecified atom stereocenters. The highest BCUT2D eigenvalue weighted by atomic mass is 32.2. The van der Waals surface area contributed by atoms with Crippen molar-refractivity contribution in [2.75, 3.05) is 33.0 Å². The molecule has 0 aromatic heterocycles. The third kappa shape index (κ3) is 6.21. The molecule has 19 heavy (non-hydrogen) atoms. The van der Waals surface area contributed by atoms with Crippen molar-refractivity contribution in [2.24, 2.45) is 5.92 Å². The average molecular weight is 292 g/mol. The molecule has 1 aliphatic heterocycles. The van der Waals surface area contributed by atoms with E-state index >= 15 is 0 Å². The Bertz CT molecular complexity index is 357. The predicted octanol–water partition coefficient (Wildman–Crippen LogP) is 1.06. The van der Waals surface area contributed by atoms with Gasteiger partial charge in [-0.3, -0.25) is 0 Å². The van der Waals surface area contributed by atoms with E-state index in [0.717, 1.165) is 19.3 Å². The molecular weight excluding hydrogens is 264 g/mol. The Kier molecular flexibility index (Phi) is 6.73. The van der Waals surface area contributed by atoms with Crippen molar-refractivity contribution in [3.05, 3.63) is 0 Å². The molecule has 0 radical (unpaired) electrons. The maximum absolute atomic E-state index is 11.6. The molecule has 6 heteroatoms. The molecule has 0 aromatic carbocycles. The molecule has 0 amide bonds. The molecule has 114 valence electrons. The van der Waals surface area contributed by atoms with Crippen LogP contribution in [-0.4, -0.2) is 57.9 Å². The van der Waals surface area contributed by atoms with Gasteiger partial charge in [0.1, 0.15) is 0 Å². The molecule has 2 atom stereocenters. The highest BCUT2D eigenvalue weighted by Crippen LogP contribution is 2.22. The zero-order chi connectivity index (χ0) is 14.5. The Hall–Kier alpha value is -0.170. The lowest BCUT2D eigenvalue weighted by Crippen LogP contribution is -2.42. The topological polar surface area (TPSA) is 58.6 Å². The van der Waals surface area contributed by atoms with Crippen molar-refractivity contribution in [3.8, 4) is 0 Å². The van der Waals surface area contributed by atoms with Crippen LogP contribution in [0.15, 0.2) is 0 Å². The van der Waals surface area contributed by atoms with E-state index in [0.29, 0.717) is 31.7 Å². The second-order valence-corrected chi connectivity index (χ2v) is 7.72. The van der Waals surface area contributed by atoms with Gasteiger partial charge in [-0.2, -0.15) is 0 Å². The largest absolute Gasteiger partial charge is 0.377 e. The first-order chi connectivity index (χ1) is 8.82. The van der Waals surface area contributed by atoms with Gasteiger partial charge in [-0.15, -0.1) is 0 Å². The van der Waals surface area contributed by atoms with Crippen molar-refractivity contribution in [2.45, 2.75) is 45.3 Å². The third-order valence-corrected chi connectivity index (χ3v) is 4.88. The minimum absolute atomic E-state index is 0.231. The standard InChI is InChI=1S/C13H28N2O3S/c1-11(2)18-10-13(14-3)8-12-6-5-7-15(9-12)19(4,16)17/h11-14H,5-10H2,1-4H3. The average Bonchev–Trinajstić information content (AvgIpc) is 2.33. The Morgan fingerprint density at radius 2 is 2.11 bits per heavy atom. The van der Waals surface area contributed by atoms with E-state index in [9.17, 15) is 8.42 Å². The molecule has 1 saturated heterocycles. The number of rotatable bonds is 7. The van der Waals surface area contributed by atoms with E-state index in [1.54, 1.807) is 4.31 Å². The highest BCUT2D eigenvalue weighted by molar-refractivity contribution is 7.88. The molecule has 1 N–H and O–H groups in total. The fourth-order valence-electron chi connectivity index (χ4n) is 2.50. The van der Waals surface area contributed by atoms with Crippen LogP contribution in [0.25, 0.3) is 0 Å². The molecule has 0 spiro atoms. The molecule has 5 nitrogen and oxygen atoms in total. The number of hydrogen-bond acceptors (Lipinski definition) is 4. The minimum Gasteiger partial charge on any atom is -0.377 e. The summed E-state index contributed by atoms with van der Waals surface area (Å²) in [5.74, 6) is 0.427. The summed E-state index contributed by atoms with van der Waals surface area (Å²) in [4.78, 5) is 0. The molecule has 0 saturated carbocycles. The molecular formula is C13H28N2O3S. The summed E-state index contributed by atoms with van der Waals surface area (Å²) < 4.78 is 30.4. The van der Waals surface area contributed by atoms with E-state index in [2.05, 4.69) is 5.32 Å². The van der Waals surface area contributed by atoms with Gasteiger partial charge < -0.3 is 10.1 Å². The lowest BCUT2D eigenvalue weighted by Gasteiger charge is -2.33. The maximum Gasteiger partial charge on any atom is 0.211 e. The van der Waals surface area contributed by atoms with Crippen LogP contribution in [-0.2, 0) is 14.8 Å². The summed E-state index contributed by atoms with van der Waals surface area (Å²) in [5.41, 5.74) is 0. The van der Waals surface area contributed by atoms with Gasteiger partial charge in [-0.25, -0.2) is 12.7 Å². The number of nitrogens with one attached hydrogen (secondary N) is 1. The SMILES string of the molecule is CNC(COC(C)C)CC1CCCN(S(C)(=O)=O)C1. The van der Waals surface area contributed by atoms with E-state index in [1.165, 1.54) is 6.26 Å². The summed E-state index contributed by atoms with van der Waals surface area (Å²) in [6.45, 7) is 6.06. The monoisotopic (exact) mass is 292 g/mol. The molecule has 0 aromatic rings. The van der Waals surface area contributed by atoms with Crippen molar-refractivity contribution in [1.29, 1.82) is 0 Å². The maximum atomic E-state index is 11.6. The van der Waals surface area contributed by atoms with Gasteiger partial charge >= 0.3 is 0 Å². The van der Waals surface area contributed by atoms with Gasteiger partial charge in [0.25, 0.3) is 0 Å². The smallest absolute Gasteiger partial charge is 0.211 e. The van der Waals surface area contributed by atoms with Gasteiger partial charge in [0.2, 0.25) is 10.0 Å². The molecule has 1 fully saturated rings. The van der Waals surface area contributed by atoms with E-state index in [1.807, 2.05) is 20.9 Å². The molecule has 1 heterocycles. The first-order valence-corrected chi connectivity index (χ1v) is 8.91. The number of hydrogen-bond donors (Lipinski definition) is 1. The molecule has 1 rings (SSSR count). The number of likely N-dealkylation sites (N-methyl/N-ethyl adjacent to an activating group) is 1. The van der Waals surface area contributed by atoms with Crippen LogP contribution in [0.2, 0.25) is 0 Å². The van der Waals surface area contributed by atoms with Crippen molar-refractivity contribution < 1.29 is 13.2 Å². The van der Waals surface area contributed by atoms with Crippen LogP contribution in [0.3, 0.4) is 0 Å². The highest BCUT2D eigenvalue weighted by Gasteiger charge is 2.27. The number of nitrogens with zero attached hydrogens (tertiary/aromatic N) is 1. The summed E-state index contributed by atoms with van der Waals surface area (Å²) in [7, 11) is -1.11. The van der Waals surface area contributed by atoms with Crippen LogP contribution in [0.5, 0.6) is 0 Å². The summed E-state index contributed by atoms with van der Waals surface area (Å²) >= 11 is 0. The Labute approximate surface area is 117 Å². The van der Waals surface area contributed by atoms with Crippen LogP contribution in [0.1, 0.15) is 33.1 Å². The second kappa shape index (κ2) is 7.57. The van der Waals surface area contributed by atoms with Gasteiger partial charge in [0.05, 0.1) is 19.0 Å². The zero-order valence-electron chi connectivity index (χ0n) is 12.6. The predicted molar refractivity (Wildman–Crippen MR) is 77.7 cm³/mol. The van der Waals surface area contributed by atoms with Crippen LogP contribution >= 0.6 is 0 Å². The summed E-state index contributed by atoms with van der Waals surface area (Å²) in [6.07, 6.45) is 4.56. The second-order valence-electron chi connectivity index (χ2n) is 5.73. The summed E-state index contributed by atoms with van der Waals surface area (Å²) in [6, 6.07) is 0.298. The lowest BCUT2D eigenvalue weighted by atomic mass is 9.92. The number of ether oxygens (including phenoxy) is 1. The minimum atomic E-state index is -3.05. The van der Waals surface area contributed by atoms with Crippen LogP contribution < -0.4 is 5.32 Å². The Balaban J connectivity index is 2.46. The molecule has 1 aliphatic rings. The van der Waals surface area contributed by atoms with Crippen LogP contribution in [0, 0.1) is 5.92 Å². The van der Waals surface area contributed by atoms with Crippen molar-refractivity contribution in [1.82, 2.24) is 9.62 Å². The van der Waals surface area contributed by atoms with Gasteiger partial charge in [0, 0.05) is 19.1 Å². The van der Waals surface area contributed by atoms with E-state index < -0.39 is 10.0 Å². The fourth-order valence-corrected chi connectivity index (χ4v) is 3.44. The fraction of sp³-hybridized carbons (Fsp3) is 1.00. The first-order valence-electron chi connectivity index (χ1n) is 7.07. The summed E-state index contributed by atoms with van der Waals surface area (Å²) in [5, 5.41) is 3.27. The molecule has 0 bridgehead atoms. The van der Waals surface area contributed by atoms with Crippen LogP contribution in [0.4, 0.5) is 0 Å². The van der Waals surface area contributed by atoms with Gasteiger partial charge in [0.15, 0.2) is 0 Å². The van der Waals surface area contributed by atoms with Gasteiger partial charge in [-0.1, -0.05) is 0 Å². The molecule has 0 aliphatic carbocycles. The van der Waals surface area contributed by atoms with E-state index in [-0.39, 0.29) is 6.10 Å². The Morgan fingerprint density at radius 3 is 2.63 bits per heavy atom. The lowest BCUT2D eigenvalue weighted by molar-refractivity contribution is 0.0553. The normalized spacial score (nSPS) is 23.7. The Morgan fingerprint density at radius 1 is 1.42 bits per heavy atom. The quantitative estimate of drug-likeness (QED) is 0.762. The third-order valence-electron chi connectivity index (χ3n) is 3.61. The number of piperidine rings is 1. The zero-order valence-corrected chi connectivity index (χ0v) is 13.4. The van der Waals surface area contributed by atoms with Crippen molar-refractivity contribution >= 4 is 10.0 Å².